The summed E-state index contributed by atoms with van der Waals surface area (Å²) in [6, 6.07) is 4.89. The molecule has 1 aromatic rings. The molecule has 0 amide bonds. The Morgan fingerprint density at radius 2 is 2.07 bits per heavy atom. The molecule has 1 N–H and O–H groups in total. The number of methoxy groups -OCH3 is 1. The number of nitro groups is 1. The van der Waals surface area contributed by atoms with E-state index in [0.29, 0.717) is 6.54 Å². The van der Waals surface area contributed by atoms with Crippen LogP contribution in [0.25, 0.3) is 0 Å². The molecular weight excluding hydrogens is 374 g/mol. The Morgan fingerprint density at radius 3 is 2.67 bits per heavy atom. The van der Waals surface area contributed by atoms with Crippen LogP contribution in [-0.4, -0.2) is 56.2 Å². The Hall–Kier alpha value is -1.90. The second-order valence-corrected chi connectivity index (χ2v) is 6.54. The molecule has 0 aliphatic carbocycles. The van der Waals surface area contributed by atoms with E-state index >= 15 is 0 Å². The Balaban J connectivity index is 0.00000364. The van der Waals surface area contributed by atoms with E-state index in [0.717, 1.165) is 44.0 Å². The predicted octanol–water partition coefficient (Wildman–Crippen LogP) is 2.39. The van der Waals surface area contributed by atoms with Gasteiger partial charge in [0, 0.05) is 12.6 Å². The summed E-state index contributed by atoms with van der Waals surface area (Å²) >= 11 is 0. The van der Waals surface area contributed by atoms with Crippen LogP contribution >= 0.6 is 12.4 Å². The second-order valence-electron chi connectivity index (χ2n) is 6.54. The highest BCUT2D eigenvalue weighted by Crippen LogP contribution is 2.29. The van der Waals surface area contributed by atoms with Crippen LogP contribution in [-0.2, 0) is 16.1 Å². The zero-order valence-electron chi connectivity index (χ0n) is 15.8. The van der Waals surface area contributed by atoms with E-state index in [4.69, 9.17) is 4.74 Å². The number of halogens is 1. The van der Waals surface area contributed by atoms with Crippen LogP contribution in [0, 0.1) is 16.0 Å². The van der Waals surface area contributed by atoms with Crippen LogP contribution < -0.4 is 10.1 Å². The number of nitro benzene ring substituents is 1. The molecule has 1 aliphatic rings. The maximum atomic E-state index is 11.3. The van der Waals surface area contributed by atoms with Crippen molar-refractivity contribution in [1.29, 1.82) is 0 Å². The van der Waals surface area contributed by atoms with E-state index in [-0.39, 0.29) is 30.5 Å². The van der Waals surface area contributed by atoms with Crippen molar-refractivity contribution in [2.75, 3.05) is 40.4 Å². The third-order valence-corrected chi connectivity index (χ3v) is 4.71. The molecule has 0 aromatic heterocycles. The van der Waals surface area contributed by atoms with Gasteiger partial charge in [0.1, 0.15) is 0 Å². The van der Waals surface area contributed by atoms with E-state index in [2.05, 4.69) is 15.0 Å². The number of carbonyl (C=O) groups is 1. The molecule has 27 heavy (non-hydrogen) atoms. The fourth-order valence-corrected chi connectivity index (χ4v) is 3.16. The first kappa shape index (κ1) is 23.1. The zero-order valence-corrected chi connectivity index (χ0v) is 16.6. The number of nitrogens with one attached hydrogen (secondary N) is 1. The van der Waals surface area contributed by atoms with Gasteiger partial charge in [-0.2, -0.15) is 0 Å². The van der Waals surface area contributed by atoms with Gasteiger partial charge in [-0.25, -0.2) is 4.79 Å². The minimum Gasteiger partial charge on any atom is -0.475 e. The van der Waals surface area contributed by atoms with Gasteiger partial charge < -0.3 is 14.8 Å². The van der Waals surface area contributed by atoms with Crippen molar-refractivity contribution in [3.05, 3.63) is 33.9 Å². The van der Waals surface area contributed by atoms with Gasteiger partial charge in [0.15, 0.2) is 12.4 Å². The van der Waals surface area contributed by atoms with Crippen molar-refractivity contribution >= 4 is 24.1 Å². The van der Waals surface area contributed by atoms with Crippen molar-refractivity contribution in [2.24, 2.45) is 5.92 Å². The molecular formula is C18H28ClN3O5. The summed E-state index contributed by atoms with van der Waals surface area (Å²) in [7, 11) is 3.21. The molecule has 1 saturated heterocycles. The number of benzene rings is 1. The van der Waals surface area contributed by atoms with Gasteiger partial charge in [-0.1, -0.05) is 6.07 Å². The van der Waals surface area contributed by atoms with Crippen LogP contribution in [0.15, 0.2) is 18.2 Å². The first-order valence-corrected chi connectivity index (χ1v) is 8.87. The molecule has 0 radical (unpaired) electrons. The van der Waals surface area contributed by atoms with Crippen molar-refractivity contribution < 1.29 is 19.2 Å². The van der Waals surface area contributed by atoms with Crippen LogP contribution in [0.4, 0.5) is 5.69 Å². The molecule has 1 aromatic carbocycles. The second kappa shape index (κ2) is 11.7. The number of hydrogen-bond donors (Lipinski definition) is 1. The molecule has 8 nitrogen and oxygen atoms in total. The highest BCUT2D eigenvalue weighted by Gasteiger charge is 2.21. The van der Waals surface area contributed by atoms with Crippen molar-refractivity contribution in [3.63, 3.8) is 0 Å². The SMILES string of the molecule is CNCCC1CCN(Cc2ccc(OCC(=O)OC)c([N+](=O)[O-])c2)CC1.Cl. The lowest BCUT2D eigenvalue weighted by molar-refractivity contribution is -0.385. The van der Waals surface area contributed by atoms with Gasteiger partial charge in [-0.15, -0.1) is 12.4 Å². The highest BCUT2D eigenvalue weighted by atomic mass is 35.5. The Labute approximate surface area is 165 Å². The number of carbonyl (C=O) groups excluding carboxylic acids is 1. The summed E-state index contributed by atoms with van der Waals surface area (Å²) in [6.07, 6.45) is 3.51. The monoisotopic (exact) mass is 401 g/mol. The topological polar surface area (TPSA) is 93.9 Å². The number of hydrogen-bond acceptors (Lipinski definition) is 7. The fraction of sp³-hybridized carbons (Fsp3) is 0.611. The third-order valence-electron chi connectivity index (χ3n) is 4.71. The Morgan fingerprint density at radius 1 is 1.37 bits per heavy atom. The van der Waals surface area contributed by atoms with Gasteiger partial charge in [0.25, 0.3) is 0 Å². The average molecular weight is 402 g/mol. The Bertz CT molecular complexity index is 621. The summed E-state index contributed by atoms with van der Waals surface area (Å²) < 4.78 is 9.70. The first-order chi connectivity index (χ1) is 12.5. The molecule has 0 bridgehead atoms. The van der Waals surface area contributed by atoms with Crippen molar-refractivity contribution in [1.82, 2.24) is 10.2 Å². The van der Waals surface area contributed by atoms with Gasteiger partial charge in [-0.3, -0.25) is 15.0 Å². The third kappa shape index (κ3) is 7.32. The van der Waals surface area contributed by atoms with Gasteiger partial charge in [0.2, 0.25) is 0 Å². The van der Waals surface area contributed by atoms with Crippen LogP contribution in [0.1, 0.15) is 24.8 Å². The molecule has 0 atom stereocenters. The summed E-state index contributed by atoms with van der Waals surface area (Å²) in [6.45, 7) is 3.38. The number of nitrogens with zero attached hydrogens (tertiary/aromatic N) is 2. The molecule has 1 aliphatic heterocycles. The molecule has 9 heteroatoms. The van der Waals surface area contributed by atoms with Gasteiger partial charge >= 0.3 is 11.7 Å². The summed E-state index contributed by atoms with van der Waals surface area (Å²) in [5, 5.41) is 14.5. The molecule has 1 fully saturated rings. The van der Waals surface area contributed by atoms with E-state index < -0.39 is 10.9 Å². The predicted molar refractivity (Wildman–Crippen MR) is 104 cm³/mol. The zero-order chi connectivity index (χ0) is 18.9. The van der Waals surface area contributed by atoms with Gasteiger partial charge in [0.05, 0.1) is 12.0 Å². The maximum absolute atomic E-state index is 11.3. The minimum atomic E-state index is -0.579. The lowest BCUT2D eigenvalue weighted by Gasteiger charge is -2.32. The van der Waals surface area contributed by atoms with Crippen molar-refractivity contribution in [2.45, 2.75) is 25.8 Å². The van der Waals surface area contributed by atoms with Crippen LogP contribution in [0.5, 0.6) is 5.75 Å². The Kier molecular flexibility index (Phi) is 10.1. The lowest BCUT2D eigenvalue weighted by Crippen LogP contribution is -2.34. The normalized spacial score (nSPS) is 15.0. The number of esters is 1. The number of piperidine rings is 1. The standard InChI is InChI=1S/C18H27N3O5.ClH/c1-19-8-5-14-6-9-20(10-7-14)12-15-3-4-17(16(11-15)21(23)24)26-13-18(22)25-2;/h3-4,11,14,19H,5-10,12-13H2,1-2H3;1H. The molecule has 152 valence electrons. The van der Waals surface area contributed by atoms with Gasteiger partial charge in [-0.05, 0) is 63.5 Å². The number of rotatable bonds is 9. The van der Waals surface area contributed by atoms with Crippen molar-refractivity contribution in [3.8, 4) is 5.75 Å². The fourth-order valence-electron chi connectivity index (χ4n) is 3.16. The average Bonchev–Trinajstić information content (AvgIpc) is 2.66. The quantitative estimate of drug-likeness (QED) is 0.385. The highest BCUT2D eigenvalue weighted by molar-refractivity contribution is 5.85. The summed E-state index contributed by atoms with van der Waals surface area (Å²) in [5.41, 5.74) is 0.742. The molecule has 0 unspecified atom stereocenters. The summed E-state index contributed by atoms with van der Waals surface area (Å²) in [5.74, 6) is 0.251. The minimum absolute atomic E-state index is 0. The summed E-state index contributed by atoms with van der Waals surface area (Å²) in [4.78, 5) is 24.3. The molecule has 0 spiro atoms. The van der Waals surface area contributed by atoms with E-state index in [1.165, 1.54) is 19.6 Å². The van der Waals surface area contributed by atoms with Crippen LogP contribution in [0.3, 0.4) is 0 Å². The van der Waals surface area contributed by atoms with E-state index in [9.17, 15) is 14.9 Å². The first-order valence-electron chi connectivity index (χ1n) is 8.87. The smallest absolute Gasteiger partial charge is 0.343 e. The largest absolute Gasteiger partial charge is 0.475 e. The van der Waals surface area contributed by atoms with Crippen LogP contribution in [0.2, 0.25) is 0 Å². The molecule has 0 saturated carbocycles. The maximum Gasteiger partial charge on any atom is 0.343 e. The van der Waals surface area contributed by atoms with E-state index in [1.807, 2.05) is 13.1 Å². The van der Waals surface area contributed by atoms with E-state index in [1.54, 1.807) is 6.07 Å². The molecule has 1 heterocycles. The molecule has 2 rings (SSSR count). The lowest BCUT2D eigenvalue weighted by atomic mass is 9.93. The number of likely N-dealkylation sites (tertiary alicyclic amines) is 1. The number of ether oxygens (including phenoxy) is 2.